The number of halogens is 1. The Kier molecular flexibility index (Phi) is 4.76. The van der Waals surface area contributed by atoms with Crippen molar-refractivity contribution < 1.29 is 14.3 Å². The molecule has 1 unspecified atom stereocenters. The van der Waals surface area contributed by atoms with Gasteiger partial charge in [-0.05, 0) is 24.6 Å². The summed E-state index contributed by atoms with van der Waals surface area (Å²) in [5.41, 5.74) is 0.608. The molecule has 0 bridgehead atoms. The van der Waals surface area contributed by atoms with Gasteiger partial charge in [0.25, 0.3) is 0 Å². The average Bonchev–Trinajstić information content (AvgIpc) is 2.98. The van der Waals surface area contributed by atoms with Crippen molar-refractivity contribution in [2.24, 2.45) is 5.10 Å². The number of aryl methyl sites for hydroxylation is 1. The number of nitrogens with zero attached hydrogens (tertiary/aromatic N) is 2. The van der Waals surface area contributed by atoms with E-state index in [0.29, 0.717) is 17.9 Å². The second-order valence-corrected chi connectivity index (χ2v) is 6.73. The van der Waals surface area contributed by atoms with Gasteiger partial charge in [-0.15, -0.1) is 0 Å². The first-order chi connectivity index (χ1) is 11.9. The summed E-state index contributed by atoms with van der Waals surface area (Å²) < 4.78 is 6.01. The molecule has 7 heteroatoms. The van der Waals surface area contributed by atoms with E-state index in [2.05, 4.69) is 21.0 Å². The SMILES string of the molecule is CCC(=O)N1N=C(c2c(O)cc(C)oc2=O)CC1c1ccc(Br)cc1. The number of carbonyl (C=O) groups excluding carboxylic acids is 1. The zero-order valence-corrected chi connectivity index (χ0v) is 15.4. The van der Waals surface area contributed by atoms with Crippen LogP contribution in [0.5, 0.6) is 5.75 Å². The van der Waals surface area contributed by atoms with Crippen molar-refractivity contribution in [2.75, 3.05) is 0 Å². The van der Waals surface area contributed by atoms with Crippen LogP contribution in [0.15, 0.2) is 49.1 Å². The van der Waals surface area contributed by atoms with Gasteiger partial charge in [-0.25, -0.2) is 9.80 Å². The lowest BCUT2D eigenvalue weighted by atomic mass is 9.98. The van der Waals surface area contributed by atoms with Crippen LogP contribution in [0.3, 0.4) is 0 Å². The number of hydrogen-bond acceptors (Lipinski definition) is 5. The molecule has 130 valence electrons. The van der Waals surface area contributed by atoms with Crippen LogP contribution in [-0.2, 0) is 4.79 Å². The fraction of sp³-hybridized carbons (Fsp3) is 0.278. The number of rotatable bonds is 3. The van der Waals surface area contributed by atoms with Gasteiger partial charge in [0.05, 0.1) is 11.8 Å². The molecular formula is C18H17BrN2O4. The Hall–Kier alpha value is -2.41. The average molecular weight is 405 g/mol. The molecule has 1 atom stereocenters. The van der Waals surface area contributed by atoms with Crippen LogP contribution in [0, 0.1) is 6.92 Å². The Morgan fingerprint density at radius 2 is 2.08 bits per heavy atom. The second kappa shape index (κ2) is 6.84. The molecule has 0 fully saturated rings. The summed E-state index contributed by atoms with van der Waals surface area (Å²) in [5, 5.41) is 15.9. The van der Waals surface area contributed by atoms with Gasteiger partial charge >= 0.3 is 5.63 Å². The topological polar surface area (TPSA) is 83.1 Å². The fourth-order valence-corrected chi connectivity index (χ4v) is 3.12. The maximum absolute atomic E-state index is 12.3. The lowest BCUT2D eigenvalue weighted by molar-refractivity contribution is -0.132. The molecule has 2 aromatic rings. The number of hydrazone groups is 1. The quantitative estimate of drug-likeness (QED) is 0.848. The molecule has 2 heterocycles. The summed E-state index contributed by atoms with van der Waals surface area (Å²) >= 11 is 3.39. The molecule has 1 aromatic heterocycles. The van der Waals surface area contributed by atoms with Gasteiger partial charge in [0, 0.05) is 23.4 Å². The molecule has 1 aliphatic heterocycles. The van der Waals surface area contributed by atoms with Crippen LogP contribution in [0.2, 0.25) is 0 Å². The summed E-state index contributed by atoms with van der Waals surface area (Å²) in [5.74, 6) is -0.0254. The van der Waals surface area contributed by atoms with E-state index in [1.807, 2.05) is 24.3 Å². The predicted octanol–water partition coefficient (Wildman–Crippen LogP) is 3.50. The minimum atomic E-state index is -0.656. The lowest BCUT2D eigenvalue weighted by Gasteiger charge is -2.21. The highest BCUT2D eigenvalue weighted by Crippen LogP contribution is 2.34. The standard InChI is InChI=1S/C18H17BrN2O4/c1-3-16(23)21-14(11-4-6-12(19)7-5-11)9-13(20-21)17-15(22)8-10(2)25-18(17)24/h4-8,14,22H,3,9H2,1-2H3. The number of amides is 1. The summed E-state index contributed by atoms with van der Waals surface area (Å²) in [4.78, 5) is 24.5. The highest BCUT2D eigenvalue weighted by atomic mass is 79.9. The van der Waals surface area contributed by atoms with Crippen molar-refractivity contribution in [2.45, 2.75) is 32.7 Å². The van der Waals surface area contributed by atoms with Crippen molar-refractivity contribution in [3.63, 3.8) is 0 Å². The Morgan fingerprint density at radius 3 is 2.68 bits per heavy atom. The van der Waals surface area contributed by atoms with Crippen LogP contribution in [-0.4, -0.2) is 21.7 Å². The van der Waals surface area contributed by atoms with Crippen molar-refractivity contribution in [1.82, 2.24) is 5.01 Å². The number of aromatic hydroxyl groups is 1. The third kappa shape index (κ3) is 3.37. The summed E-state index contributed by atoms with van der Waals surface area (Å²) in [6, 6.07) is 8.63. The third-order valence-corrected chi connectivity index (χ3v) is 4.59. The highest BCUT2D eigenvalue weighted by Gasteiger charge is 2.34. The van der Waals surface area contributed by atoms with Gasteiger partial charge in [-0.2, -0.15) is 5.10 Å². The molecule has 3 rings (SSSR count). The molecule has 0 radical (unpaired) electrons. The first-order valence-electron chi connectivity index (χ1n) is 7.89. The van der Waals surface area contributed by atoms with Gasteiger partial charge in [0.2, 0.25) is 5.91 Å². The van der Waals surface area contributed by atoms with E-state index in [1.165, 1.54) is 11.1 Å². The van der Waals surface area contributed by atoms with Crippen LogP contribution in [0.4, 0.5) is 0 Å². The summed E-state index contributed by atoms with van der Waals surface area (Å²) in [6.07, 6.45) is 0.618. The van der Waals surface area contributed by atoms with E-state index in [9.17, 15) is 14.7 Å². The largest absolute Gasteiger partial charge is 0.507 e. The molecule has 0 saturated carbocycles. The predicted molar refractivity (Wildman–Crippen MR) is 96.6 cm³/mol. The molecule has 1 aliphatic rings. The van der Waals surface area contributed by atoms with E-state index in [0.717, 1.165) is 10.0 Å². The maximum atomic E-state index is 12.3. The molecule has 1 N–H and O–H groups in total. The third-order valence-electron chi connectivity index (χ3n) is 4.07. The van der Waals surface area contributed by atoms with E-state index >= 15 is 0 Å². The number of hydrogen-bond donors (Lipinski definition) is 1. The van der Waals surface area contributed by atoms with Gasteiger partial charge in [0.15, 0.2) is 0 Å². The summed E-state index contributed by atoms with van der Waals surface area (Å²) in [7, 11) is 0. The molecule has 0 spiro atoms. The smallest absolute Gasteiger partial charge is 0.348 e. The molecule has 6 nitrogen and oxygen atoms in total. The van der Waals surface area contributed by atoms with Gasteiger partial charge in [-0.3, -0.25) is 4.79 Å². The molecule has 1 amide bonds. The Morgan fingerprint density at radius 1 is 1.40 bits per heavy atom. The molecule has 25 heavy (non-hydrogen) atoms. The van der Waals surface area contributed by atoms with E-state index in [4.69, 9.17) is 4.42 Å². The van der Waals surface area contributed by atoms with Crippen LogP contribution in [0.1, 0.15) is 42.7 Å². The van der Waals surface area contributed by atoms with E-state index < -0.39 is 5.63 Å². The second-order valence-electron chi connectivity index (χ2n) is 5.81. The molecular weight excluding hydrogens is 388 g/mol. The van der Waals surface area contributed by atoms with Gasteiger partial charge < -0.3 is 9.52 Å². The van der Waals surface area contributed by atoms with Crippen molar-refractivity contribution in [3.05, 3.63) is 62.1 Å². The minimum absolute atomic E-state index is 0.0131. The van der Waals surface area contributed by atoms with Gasteiger partial charge in [-0.1, -0.05) is 35.0 Å². The monoisotopic (exact) mass is 404 g/mol. The van der Waals surface area contributed by atoms with Gasteiger partial charge in [0.1, 0.15) is 17.1 Å². The van der Waals surface area contributed by atoms with Crippen LogP contribution in [0.25, 0.3) is 0 Å². The lowest BCUT2D eigenvalue weighted by Crippen LogP contribution is -2.26. The Balaban J connectivity index is 2.04. The van der Waals surface area contributed by atoms with E-state index in [1.54, 1.807) is 13.8 Å². The molecule has 0 aliphatic carbocycles. The summed E-state index contributed by atoms with van der Waals surface area (Å²) in [6.45, 7) is 3.34. The Bertz CT molecular complexity index is 902. The van der Waals surface area contributed by atoms with Crippen molar-refractivity contribution in [3.8, 4) is 5.75 Å². The van der Waals surface area contributed by atoms with Crippen LogP contribution >= 0.6 is 15.9 Å². The first-order valence-corrected chi connectivity index (χ1v) is 8.69. The van der Waals surface area contributed by atoms with E-state index in [-0.39, 0.29) is 29.7 Å². The van der Waals surface area contributed by atoms with Crippen LogP contribution < -0.4 is 5.63 Å². The number of carbonyl (C=O) groups is 1. The fourth-order valence-electron chi connectivity index (χ4n) is 2.86. The van der Waals surface area contributed by atoms with Crippen molar-refractivity contribution in [1.29, 1.82) is 0 Å². The Labute approximate surface area is 152 Å². The number of benzene rings is 1. The minimum Gasteiger partial charge on any atom is -0.507 e. The highest BCUT2D eigenvalue weighted by molar-refractivity contribution is 9.10. The van der Waals surface area contributed by atoms with Crippen molar-refractivity contribution >= 4 is 27.5 Å². The zero-order chi connectivity index (χ0) is 18.1. The zero-order valence-electron chi connectivity index (χ0n) is 13.8. The normalized spacial score (nSPS) is 16.8. The maximum Gasteiger partial charge on any atom is 0.348 e. The first kappa shape index (κ1) is 17.4. The molecule has 0 saturated heterocycles. The molecule has 1 aromatic carbocycles.